The van der Waals surface area contributed by atoms with Crippen LogP contribution in [0.5, 0.6) is 0 Å². The SMILES string of the molecule is CCCC(CNC(=O)N(C)Cc1cn[nH]c1)C(=O)O. The molecule has 0 aliphatic heterocycles. The monoisotopic (exact) mass is 268 g/mol. The van der Waals surface area contributed by atoms with E-state index in [0.717, 1.165) is 12.0 Å². The summed E-state index contributed by atoms with van der Waals surface area (Å²) in [5, 5.41) is 18.1. The molecule has 1 atom stereocenters. The van der Waals surface area contributed by atoms with Crippen LogP contribution < -0.4 is 5.32 Å². The van der Waals surface area contributed by atoms with Crippen molar-refractivity contribution in [3.05, 3.63) is 18.0 Å². The average molecular weight is 268 g/mol. The molecule has 0 aliphatic rings. The van der Waals surface area contributed by atoms with E-state index in [2.05, 4.69) is 15.5 Å². The maximum Gasteiger partial charge on any atom is 0.317 e. The Morgan fingerprint density at radius 3 is 2.84 bits per heavy atom. The molecule has 1 aromatic heterocycles. The lowest BCUT2D eigenvalue weighted by Crippen LogP contribution is -2.40. The van der Waals surface area contributed by atoms with Crippen molar-refractivity contribution in [2.75, 3.05) is 13.6 Å². The number of nitrogens with zero attached hydrogens (tertiary/aromatic N) is 2. The van der Waals surface area contributed by atoms with E-state index in [4.69, 9.17) is 5.11 Å². The van der Waals surface area contributed by atoms with Gasteiger partial charge in [0.1, 0.15) is 0 Å². The number of hydrogen-bond donors (Lipinski definition) is 3. The zero-order valence-corrected chi connectivity index (χ0v) is 11.2. The predicted octanol–water partition coefficient (Wildman–Crippen LogP) is 1.05. The molecular formula is C12H20N4O3. The van der Waals surface area contributed by atoms with Gasteiger partial charge in [-0.2, -0.15) is 5.10 Å². The van der Waals surface area contributed by atoms with Crippen LogP contribution in [-0.2, 0) is 11.3 Å². The number of aromatic nitrogens is 2. The van der Waals surface area contributed by atoms with Gasteiger partial charge in [-0.3, -0.25) is 9.89 Å². The van der Waals surface area contributed by atoms with Crippen molar-refractivity contribution in [3.63, 3.8) is 0 Å². The molecule has 0 spiro atoms. The molecular weight excluding hydrogens is 248 g/mol. The molecule has 7 heteroatoms. The molecule has 106 valence electrons. The normalized spacial score (nSPS) is 11.9. The standard InChI is InChI=1S/C12H20N4O3/c1-3-4-10(11(17)18)7-13-12(19)16(2)8-9-5-14-15-6-9/h5-6,10H,3-4,7-8H2,1-2H3,(H,13,19)(H,14,15)(H,17,18). The lowest BCUT2D eigenvalue weighted by atomic mass is 10.0. The second kappa shape index (κ2) is 7.40. The molecule has 1 rings (SSSR count). The maximum atomic E-state index is 11.8. The Kier molecular flexibility index (Phi) is 5.84. The van der Waals surface area contributed by atoms with Crippen molar-refractivity contribution in [1.29, 1.82) is 0 Å². The van der Waals surface area contributed by atoms with Crippen molar-refractivity contribution in [2.24, 2.45) is 5.92 Å². The van der Waals surface area contributed by atoms with Crippen LogP contribution in [-0.4, -0.2) is 45.8 Å². The van der Waals surface area contributed by atoms with Gasteiger partial charge in [-0.25, -0.2) is 4.79 Å². The van der Waals surface area contributed by atoms with Crippen LogP contribution in [0.1, 0.15) is 25.3 Å². The predicted molar refractivity (Wildman–Crippen MR) is 69.5 cm³/mol. The first-order valence-electron chi connectivity index (χ1n) is 6.24. The van der Waals surface area contributed by atoms with Gasteiger partial charge in [-0.05, 0) is 6.42 Å². The molecule has 1 aromatic rings. The number of amides is 2. The Bertz CT molecular complexity index is 405. The summed E-state index contributed by atoms with van der Waals surface area (Å²) in [5.41, 5.74) is 0.890. The van der Waals surface area contributed by atoms with E-state index >= 15 is 0 Å². The zero-order valence-electron chi connectivity index (χ0n) is 11.2. The molecule has 7 nitrogen and oxygen atoms in total. The highest BCUT2D eigenvalue weighted by Crippen LogP contribution is 2.06. The largest absolute Gasteiger partial charge is 0.481 e. The first-order valence-corrected chi connectivity index (χ1v) is 6.24. The number of H-pyrrole nitrogens is 1. The molecule has 1 unspecified atom stereocenters. The number of urea groups is 1. The highest BCUT2D eigenvalue weighted by Gasteiger charge is 2.18. The van der Waals surface area contributed by atoms with Crippen LogP contribution in [0.25, 0.3) is 0 Å². The fraction of sp³-hybridized carbons (Fsp3) is 0.583. The van der Waals surface area contributed by atoms with Gasteiger partial charge < -0.3 is 15.3 Å². The average Bonchev–Trinajstić information content (AvgIpc) is 2.86. The molecule has 0 aliphatic carbocycles. The number of carbonyl (C=O) groups is 2. The Balaban J connectivity index is 2.39. The number of aromatic amines is 1. The summed E-state index contributed by atoms with van der Waals surface area (Å²) in [6.07, 6.45) is 4.68. The molecule has 0 radical (unpaired) electrons. The van der Waals surface area contributed by atoms with E-state index in [9.17, 15) is 9.59 Å². The van der Waals surface area contributed by atoms with E-state index in [1.54, 1.807) is 19.4 Å². The quantitative estimate of drug-likeness (QED) is 0.688. The lowest BCUT2D eigenvalue weighted by molar-refractivity contribution is -0.141. The Labute approximate surface area is 112 Å². The number of nitrogens with one attached hydrogen (secondary N) is 2. The Hall–Kier alpha value is -2.05. The molecule has 1 heterocycles. The lowest BCUT2D eigenvalue weighted by Gasteiger charge is -2.19. The highest BCUT2D eigenvalue weighted by molar-refractivity contribution is 5.75. The fourth-order valence-electron chi connectivity index (χ4n) is 1.72. The smallest absolute Gasteiger partial charge is 0.317 e. The fourth-order valence-corrected chi connectivity index (χ4v) is 1.72. The summed E-state index contributed by atoms with van der Waals surface area (Å²) in [7, 11) is 1.65. The molecule has 19 heavy (non-hydrogen) atoms. The minimum atomic E-state index is -0.875. The molecule has 0 fully saturated rings. The maximum absolute atomic E-state index is 11.8. The third-order valence-corrected chi connectivity index (χ3v) is 2.81. The molecule has 0 saturated carbocycles. The van der Waals surface area contributed by atoms with Crippen molar-refractivity contribution >= 4 is 12.0 Å². The number of carbonyl (C=O) groups excluding carboxylic acids is 1. The number of hydrogen-bond acceptors (Lipinski definition) is 3. The van der Waals surface area contributed by atoms with Gasteiger partial charge in [-0.15, -0.1) is 0 Å². The van der Waals surface area contributed by atoms with Gasteiger partial charge in [0.15, 0.2) is 0 Å². The van der Waals surface area contributed by atoms with Crippen LogP contribution >= 0.6 is 0 Å². The third-order valence-electron chi connectivity index (χ3n) is 2.81. The Morgan fingerprint density at radius 2 is 2.32 bits per heavy atom. The van der Waals surface area contributed by atoms with Crippen LogP contribution in [0.15, 0.2) is 12.4 Å². The van der Waals surface area contributed by atoms with E-state index in [1.165, 1.54) is 4.90 Å². The van der Waals surface area contributed by atoms with E-state index < -0.39 is 11.9 Å². The van der Waals surface area contributed by atoms with E-state index in [0.29, 0.717) is 13.0 Å². The van der Waals surface area contributed by atoms with Crippen molar-refractivity contribution in [2.45, 2.75) is 26.3 Å². The third kappa shape index (κ3) is 4.99. The summed E-state index contributed by atoms with van der Waals surface area (Å²) in [4.78, 5) is 24.2. The summed E-state index contributed by atoms with van der Waals surface area (Å²) < 4.78 is 0. The van der Waals surface area contributed by atoms with Gasteiger partial charge in [0.2, 0.25) is 0 Å². The van der Waals surface area contributed by atoms with Crippen molar-refractivity contribution in [3.8, 4) is 0 Å². The summed E-state index contributed by atoms with van der Waals surface area (Å²) in [6, 6.07) is -0.288. The van der Waals surface area contributed by atoms with Crippen LogP contribution in [0, 0.1) is 5.92 Å². The zero-order chi connectivity index (χ0) is 14.3. The van der Waals surface area contributed by atoms with E-state index in [1.807, 2.05) is 6.92 Å². The van der Waals surface area contributed by atoms with Crippen LogP contribution in [0.2, 0.25) is 0 Å². The van der Waals surface area contributed by atoms with Crippen LogP contribution in [0.3, 0.4) is 0 Å². The van der Waals surface area contributed by atoms with Crippen molar-refractivity contribution < 1.29 is 14.7 Å². The van der Waals surface area contributed by atoms with Gasteiger partial charge in [-0.1, -0.05) is 13.3 Å². The van der Waals surface area contributed by atoms with Crippen molar-refractivity contribution in [1.82, 2.24) is 20.4 Å². The first kappa shape index (κ1) is 15.0. The summed E-state index contributed by atoms with van der Waals surface area (Å²) in [5.74, 6) is -1.41. The van der Waals surface area contributed by atoms with Gasteiger partial charge in [0.25, 0.3) is 0 Å². The van der Waals surface area contributed by atoms with Gasteiger partial charge in [0, 0.05) is 25.4 Å². The minimum Gasteiger partial charge on any atom is -0.481 e. The summed E-state index contributed by atoms with van der Waals surface area (Å²) >= 11 is 0. The topological polar surface area (TPSA) is 98.3 Å². The number of carboxylic acid groups (broad SMARTS) is 1. The number of aliphatic carboxylic acids is 1. The van der Waals surface area contributed by atoms with Crippen LogP contribution in [0.4, 0.5) is 4.79 Å². The number of carboxylic acids is 1. The molecule has 0 saturated heterocycles. The molecule has 3 N–H and O–H groups in total. The molecule has 2 amide bonds. The molecule has 0 aromatic carbocycles. The highest BCUT2D eigenvalue weighted by atomic mass is 16.4. The second-order valence-corrected chi connectivity index (χ2v) is 4.47. The molecule has 0 bridgehead atoms. The Morgan fingerprint density at radius 1 is 1.58 bits per heavy atom. The minimum absolute atomic E-state index is 0.151. The van der Waals surface area contributed by atoms with Gasteiger partial charge in [0.05, 0.1) is 18.7 Å². The van der Waals surface area contributed by atoms with Gasteiger partial charge >= 0.3 is 12.0 Å². The second-order valence-electron chi connectivity index (χ2n) is 4.47. The first-order chi connectivity index (χ1) is 9.04. The van der Waals surface area contributed by atoms with E-state index in [-0.39, 0.29) is 12.6 Å². The summed E-state index contributed by atoms with van der Waals surface area (Å²) in [6.45, 7) is 2.49. The number of rotatable bonds is 7.